The molecule has 2 unspecified atom stereocenters. The fourth-order valence-electron chi connectivity index (χ4n) is 18.4. The number of hydrogen-bond acceptors (Lipinski definition) is 11. The van der Waals surface area contributed by atoms with E-state index < -0.39 is 5.82 Å². The van der Waals surface area contributed by atoms with Gasteiger partial charge >= 0.3 is 18.1 Å². The lowest BCUT2D eigenvalue weighted by Crippen LogP contribution is -2.50. The molecule has 4 N–H and O–H groups in total. The lowest BCUT2D eigenvalue weighted by atomic mass is 9.80. The maximum absolute atomic E-state index is 13.7. The Kier molecular flexibility index (Phi) is 26.1. The Hall–Kier alpha value is -7.95. The number of thiophene rings is 1. The van der Waals surface area contributed by atoms with Gasteiger partial charge in [-0.2, -0.15) is 21.9 Å². The minimum absolute atomic E-state index is 0.00875. The van der Waals surface area contributed by atoms with Gasteiger partial charge in [-0.25, -0.2) is 23.2 Å². The van der Waals surface area contributed by atoms with Gasteiger partial charge in [0.05, 0.1) is 34.0 Å². The largest absolute Gasteiger partial charge is 0.326 e. The van der Waals surface area contributed by atoms with Crippen LogP contribution in [0, 0.1) is 52.1 Å². The fraction of sp³-hybridized carbons (Fsp3) is 0.529. The van der Waals surface area contributed by atoms with Crippen LogP contribution in [0.3, 0.4) is 0 Å². The number of anilines is 4. The van der Waals surface area contributed by atoms with Gasteiger partial charge in [-0.3, -0.25) is 14.6 Å². The molecule has 17 nitrogen and oxygen atoms in total. The molecule has 6 aromatic rings. The summed E-state index contributed by atoms with van der Waals surface area (Å²) in [5.41, 5.74) is 8.34. The minimum atomic E-state index is -0.506. The number of nitriles is 2. The molecule has 106 heavy (non-hydrogen) atoms. The molecule has 6 aliphatic carbocycles. The summed E-state index contributed by atoms with van der Waals surface area (Å²) in [7, 11) is 2.15. The van der Waals surface area contributed by atoms with E-state index in [1.54, 1.807) is 29.5 Å². The van der Waals surface area contributed by atoms with Crippen molar-refractivity contribution in [1.29, 1.82) is 10.5 Å². The van der Waals surface area contributed by atoms with Gasteiger partial charge in [0.15, 0.2) is 0 Å². The zero-order chi connectivity index (χ0) is 75.6. The third-order valence-corrected chi connectivity index (χ3v) is 25.2. The van der Waals surface area contributed by atoms with Crippen molar-refractivity contribution in [2.75, 3.05) is 93.8 Å². The van der Waals surface area contributed by atoms with Crippen molar-refractivity contribution in [3.8, 4) is 12.1 Å². The van der Waals surface area contributed by atoms with E-state index >= 15 is 0 Å². The van der Waals surface area contributed by atoms with Crippen molar-refractivity contribution >= 4 is 69.7 Å². The van der Waals surface area contributed by atoms with E-state index in [1.807, 2.05) is 69.1 Å². The average Bonchev–Trinajstić information content (AvgIpc) is 1.54. The normalized spacial score (nSPS) is 24.1. The van der Waals surface area contributed by atoms with Crippen LogP contribution < -0.4 is 21.3 Å². The monoisotopic (exact) mass is 1480 g/mol. The zero-order valence-corrected chi connectivity index (χ0v) is 65.3. The van der Waals surface area contributed by atoms with Crippen molar-refractivity contribution in [2.45, 2.75) is 198 Å². The standard InChI is InChI=1S/C29H37ClFN5O2.C29H37FN4O.C27H36N4OS/c1-20(37)32-22-6-3-5-21(17-22)29-10-9-27(24(29)19-29)36(12-4-11-35-15-13-34(2)14-16-35)28(38)33-23-7-8-26(31)25(30)18-23;1-20(2)33(21(3)4)13-14-34(28(35)32-26-10-6-9-25(30)17-26)27-11-12-29(18-24(29)16-27)23-8-5-7-22(15-23)19-31;1-19(2)30(20(3)4)11-12-31(26(32)29-24-9-13-33-18-24)25-8-10-27(16-23(27)15-25)22-7-5-6-21(14-22)17-28/h3,5-8,17-18,24,27H,4,9-16,19H2,1-2H3,(H,32,37)(H,33,38);5-10,15,17,20-21,24,27H,11-14,16,18H2,1-4H3,(H,32,35);5-7,9,13-14,18-20,23,25H,8,10-12,15-16H2,1-4H3,(H,29,32)/t24-,27-,29-;24?,27-,29+;23?,25-,27+/m100/s1. The first-order valence-corrected chi connectivity index (χ1v) is 39.9. The summed E-state index contributed by atoms with van der Waals surface area (Å²) in [6.45, 7) is 28.1. The first kappa shape index (κ1) is 79.1. The van der Waals surface area contributed by atoms with E-state index in [9.17, 15) is 38.5 Å². The van der Waals surface area contributed by atoms with Crippen LogP contribution in [-0.4, -0.2) is 173 Å². The quantitative estimate of drug-likeness (QED) is 0.0454. The maximum Gasteiger partial charge on any atom is 0.322 e. The van der Waals surface area contributed by atoms with E-state index in [1.165, 1.54) is 54.3 Å². The molecule has 1 aromatic heterocycles. The number of likely N-dealkylation sites (N-methyl/N-ethyl adjacent to an activating group) is 1. The molecule has 7 aliphatic rings. The van der Waals surface area contributed by atoms with Crippen molar-refractivity contribution in [3.63, 3.8) is 0 Å². The second kappa shape index (κ2) is 35.0. The van der Waals surface area contributed by atoms with Crippen molar-refractivity contribution in [2.24, 2.45) is 17.8 Å². The summed E-state index contributed by atoms with van der Waals surface area (Å²) in [4.78, 5) is 67.8. The SMILES string of the molecule is CC(=O)Nc1cccc([C@]23CC[C@@H](N(CCCN4CCN(C)CC4)C(=O)Nc4ccc(F)c(Cl)c4)[C@H]2C3)c1.CC(C)N(CCN(C(=O)Nc1cccc(F)c1)[C@H]1CC[C@]2(c3cccc(C#N)c3)CC2C1)C(C)C.CC(C)N(CCN(C(=O)Nc1ccsc1)[C@H]1CC[C@]2(c3cccc(C#N)c3)CC2C1)C(C)C. The van der Waals surface area contributed by atoms with Crippen LogP contribution in [0.2, 0.25) is 5.02 Å². The van der Waals surface area contributed by atoms with Gasteiger partial charge in [-0.05, 0) is 276 Å². The first-order valence-electron chi connectivity index (χ1n) is 38.6. The van der Waals surface area contributed by atoms with Gasteiger partial charge in [0.25, 0.3) is 0 Å². The Labute approximate surface area is 637 Å². The number of carbonyl (C=O) groups is 4. The molecule has 13 rings (SSSR count). The Bertz CT molecular complexity index is 4090. The molecular weight excluding hydrogens is 1370 g/mol. The van der Waals surface area contributed by atoms with Crippen LogP contribution in [0.5, 0.6) is 0 Å². The Balaban J connectivity index is 0.000000159. The van der Waals surface area contributed by atoms with Crippen LogP contribution >= 0.6 is 22.9 Å². The Morgan fingerprint density at radius 3 is 1.53 bits per heavy atom. The highest BCUT2D eigenvalue weighted by Gasteiger charge is 2.64. The zero-order valence-electron chi connectivity index (χ0n) is 63.7. The molecule has 7 amide bonds. The molecule has 5 aromatic carbocycles. The van der Waals surface area contributed by atoms with Crippen LogP contribution in [0.4, 0.5) is 45.9 Å². The molecule has 21 heteroatoms. The van der Waals surface area contributed by atoms with Gasteiger partial charge in [0.2, 0.25) is 5.91 Å². The fourth-order valence-corrected chi connectivity index (χ4v) is 19.1. The number of urea groups is 3. The first-order chi connectivity index (χ1) is 50.8. The lowest BCUT2D eigenvalue weighted by Gasteiger charge is -2.39. The lowest BCUT2D eigenvalue weighted by molar-refractivity contribution is -0.114. The third kappa shape index (κ3) is 19.1. The number of benzene rings is 5. The van der Waals surface area contributed by atoms with Gasteiger partial charge in [0.1, 0.15) is 11.6 Å². The number of nitrogens with zero attached hydrogens (tertiary/aromatic N) is 9. The molecule has 1 saturated heterocycles. The number of piperazine rings is 1. The average molecular weight is 1480 g/mol. The highest BCUT2D eigenvalue weighted by molar-refractivity contribution is 7.08. The van der Waals surface area contributed by atoms with E-state index in [-0.39, 0.29) is 69.2 Å². The molecule has 0 radical (unpaired) electrons. The minimum Gasteiger partial charge on any atom is -0.326 e. The molecular formula is C85H110ClF2N13O4S. The predicted octanol–water partition coefficient (Wildman–Crippen LogP) is 17.3. The Morgan fingerprint density at radius 1 is 0.557 bits per heavy atom. The number of halogens is 3. The number of amides is 7. The van der Waals surface area contributed by atoms with E-state index in [0.29, 0.717) is 71.9 Å². The van der Waals surface area contributed by atoms with Crippen molar-refractivity contribution < 1.29 is 28.0 Å². The molecule has 7 fully saturated rings. The predicted molar refractivity (Wildman–Crippen MR) is 423 cm³/mol. The third-order valence-electron chi connectivity index (χ3n) is 24.2. The number of nitrogens with one attached hydrogen (secondary N) is 4. The number of fused-ring (bicyclic) bond motifs is 3. The summed E-state index contributed by atoms with van der Waals surface area (Å²) in [6, 6.07) is 43.1. The van der Waals surface area contributed by atoms with Gasteiger partial charge in [-0.15, -0.1) is 0 Å². The molecule has 0 spiro atoms. The smallest absolute Gasteiger partial charge is 0.322 e. The summed E-state index contributed by atoms with van der Waals surface area (Å²) in [5.74, 6) is 0.537. The highest BCUT2D eigenvalue weighted by atomic mass is 35.5. The van der Waals surface area contributed by atoms with Crippen molar-refractivity contribution in [1.82, 2.24) is 34.3 Å². The van der Waals surface area contributed by atoms with E-state index in [0.717, 1.165) is 140 Å². The van der Waals surface area contributed by atoms with Crippen molar-refractivity contribution in [3.05, 3.63) is 177 Å². The number of carbonyl (C=O) groups excluding carboxylic acids is 4. The molecule has 0 bridgehead atoms. The summed E-state index contributed by atoms with van der Waals surface area (Å²) in [6.07, 6.45) is 12.2. The molecule has 9 atom stereocenters. The van der Waals surface area contributed by atoms with Crippen LogP contribution in [0.25, 0.3) is 0 Å². The highest BCUT2D eigenvalue weighted by Crippen LogP contribution is 2.66. The Morgan fingerprint density at radius 2 is 1.05 bits per heavy atom. The van der Waals surface area contributed by atoms with Gasteiger partial charge < -0.3 is 45.8 Å². The number of hydrogen-bond donors (Lipinski definition) is 4. The van der Waals surface area contributed by atoms with Crippen LogP contribution in [-0.2, 0) is 21.0 Å². The number of rotatable bonds is 24. The van der Waals surface area contributed by atoms with E-state index in [2.05, 4.69) is 151 Å². The molecule has 566 valence electrons. The summed E-state index contributed by atoms with van der Waals surface area (Å²) < 4.78 is 27.4. The topological polar surface area (TPSA) is 187 Å². The second-order valence-corrected chi connectivity index (χ2v) is 33.2. The van der Waals surface area contributed by atoms with Gasteiger partial charge in [-0.1, -0.05) is 54.1 Å². The summed E-state index contributed by atoms with van der Waals surface area (Å²) in [5, 5.41) is 34.5. The summed E-state index contributed by atoms with van der Waals surface area (Å²) >= 11 is 7.57. The molecule has 2 heterocycles. The molecule has 1 aliphatic heterocycles. The maximum atomic E-state index is 13.7. The van der Waals surface area contributed by atoms with Gasteiger partial charge in [0, 0.05) is 136 Å². The second-order valence-electron chi connectivity index (χ2n) is 32.1. The molecule has 6 saturated carbocycles. The van der Waals surface area contributed by atoms with E-state index in [4.69, 9.17) is 11.6 Å². The van der Waals surface area contributed by atoms with Crippen LogP contribution in [0.1, 0.15) is 167 Å². The van der Waals surface area contributed by atoms with Crippen LogP contribution in [0.15, 0.2) is 132 Å².